The highest BCUT2D eigenvalue weighted by molar-refractivity contribution is 5.87. The normalized spacial score (nSPS) is 27.6. The smallest absolute Gasteiger partial charge is 0.332 e. The van der Waals surface area contributed by atoms with Crippen molar-refractivity contribution in [2.75, 3.05) is 32.8 Å². The van der Waals surface area contributed by atoms with Gasteiger partial charge in [0.25, 0.3) is 0 Å². The van der Waals surface area contributed by atoms with Crippen molar-refractivity contribution in [1.29, 1.82) is 0 Å². The van der Waals surface area contributed by atoms with Crippen LogP contribution in [0.2, 0.25) is 0 Å². The number of aliphatic carboxylic acids is 1. The van der Waals surface area contributed by atoms with Gasteiger partial charge in [-0.15, -0.1) is 0 Å². The molecule has 8 nitrogen and oxygen atoms in total. The Morgan fingerprint density at radius 1 is 1.42 bits per heavy atom. The Bertz CT molecular complexity index is 392. The number of hydrogen-bond acceptors (Lipinski definition) is 4. The first kappa shape index (κ1) is 13.6. The molecule has 19 heavy (non-hydrogen) atoms. The molecule has 0 bridgehead atoms. The number of carboxylic acids is 1. The molecule has 0 saturated carbocycles. The Balaban J connectivity index is 1.99. The van der Waals surface area contributed by atoms with Gasteiger partial charge in [0.15, 0.2) is 5.54 Å². The molecule has 2 rings (SSSR count). The highest BCUT2D eigenvalue weighted by Crippen LogP contribution is 2.19. The van der Waals surface area contributed by atoms with Crippen molar-refractivity contribution in [3.05, 3.63) is 0 Å². The molecule has 1 unspecified atom stereocenters. The largest absolute Gasteiger partial charge is 0.479 e. The van der Waals surface area contributed by atoms with Crippen LogP contribution in [0.15, 0.2) is 0 Å². The molecule has 2 aliphatic rings. The molecule has 2 saturated heterocycles. The SMILES string of the molecule is O=C1CCN(C(=O)NC2(C(=O)O)CCOC2)CCN1. The maximum Gasteiger partial charge on any atom is 0.332 e. The van der Waals surface area contributed by atoms with Crippen molar-refractivity contribution in [2.45, 2.75) is 18.4 Å². The first-order valence-electron chi connectivity index (χ1n) is 6.18. The van der Waals surface area contributed by atoms with Crippen LogP contribution in [0.1, 0.15) is 12.8 Å². The second-order valence-electron chi connectivity index (χ2n) is 4.71. The number of carbonyl (C=O) groups excluding carboxylic acids is 2. The summed E-state index contributed by atoms with van der Waals surface area (Å²) in [5.41, 5.74) is -1.35. The summed E-state index contributed by atoms with van der Waals surface area (Å²) in [5.74, 6) is -1.20. The number of carboxylic acid groups (broad SMARTS) is 1. The van der Waals surface area contributed by atoms with Gasteiger partial charge in [-0.2, -0.15) is 0 Å². The lowest BCUT2D eigenvalue weighted by Crippen LogP contribution is -2.58. The van der Waals surface area contributed by atoms with E-state index in [9.17, 15) is 19.5 Å². The van der Waals surface area contributed by atoms with Crippen molar-refractivity contribution >= 4 is 17.9 Å². The number of nitrogens with one attached hydrogen (secondary N) is 2. The fourth-order valence-electron chi connectivity index (χ4n) is 2.14. The Morgan fingerprint density at radius 3 is 2.84 bits per heavy atom. The van der Waals surface area contributed by atoms with E-state index in [-0.39, 0.29) is 31.9 Å². The van der Waals surface area contributed by atoms with E-state index in [2.05, 4.69) is 10.6 Å². The fourth-order valence-corrected chi connectivity index (χ4v) is 2.14. The standard InChI is InChI=1S/C11H17N3O5/c15-8-1-4-14(5-3-12-8)10(18)13-11(9(16)17)2-6-19-7-11/h1-7H2,(H,12,15)(H,13,18)(H,16,17). The molecule has 106 valence electrons. The second kappa shape index (κ2) is 5.43. The van der Waals surface area contributed by atoms with Crippen LogP contribution in [0.5, 0.6) is 0 Å². The summed E-state index contributed by atoms with van der Waals surface area (Å²) in [6.07, 6.45) is 0.475. The quantitative estimate of drug-likeness (QED) is 0.582. The van der Waals surface area contributed by atoms with Gasteiger partial charge in [0.2, 0.25) is 5.91 Å². The van der Waals surface area contributed by atoms with Crippen LogP contribution >= 0.6 is 0 Å². The topological polar surface area (TPSA) is 108 Å². The fraction of sp³-hybridized carbons (Fsp3) is 0.727. The van der Waals surface area contributed by atoms with Gasteiger partial charge in [0.05, 0.1) is 6.61 Å². The van der Waals surface area contributed by atoms with E-state index in [1.54, 1.807) is 0 Å². The minimum atomic E-state index is -1.35. The van der Waals surface area contributed by atoms with Crippen LogP contribution in [0, 0.1) is 0 Å². The van der Waals surface area contributed by atoms with Gasteiger partial charge >= 0.3 is 12.0 Å². The lowest BCUT2D eigenvalue weighted by molar-refractivity contribution is -0.144. The van der Waals surface area contributed by atoms with Gasteiger partial charge in [-0.3, -0.25) is 4.79 Å². The molecule has 2 aliphatic heterocycles. The van der Waals surface area contributed by atoms with Gasteiger partial charge in [-0.25, -0.2) is 9.59 Å². The third kappa shape index (κ3) is 2.95. The molecular weight excluding hydrogens is 254 g/mol. The summed E-state index contributed by atoms with van der Waals surface area (Å²) in [6.45, 7) is 1.32. The number of amides is 3. The van der Waals surface area contributed by atoms with Gasteiger partial charge in [0.1, 0.15) is 0 Å². The molecular formula is C11H17N3O5. The molecule has 0 aromatic heterocycles. The molecule has 0 spiro atoms. The van der Waals surface area contributed by atoms with Crippen LogP contribution in [-0.4, -0.2) is 66.3 Å². The summed E-state index contributed by atoms with van der Waals surface area (Å²) < 4.78 is 5.07. The number of hydrogen-bond donors (Lipinski definition) is 3. The van der Waals surface area contributed by atoms with Gasteiger partial charge in [0, 0.05) is 39.1 Å². The highest BCUT2D eigenvalue weighted by Gasteiger charge is 2.44. The number of nitrogens with zero attached hydrogens (tertiary/aromatic N) is 1. The van der Waals surface area contributed by atoms with E-state index in [1.165, 1.54) is 4.90 Å². The minimum absolute atomic E-state index is 0.0287. The molecule has 0 aromatic carbocycles. The maximum absolute atomic E-state index is 12.1. The summed E-state index contributed by atoms with van der Waals surface area (Å²) in [6, 6.07) is -0.468. The van der Waals surface area contributed by atoms with Crippen LogP contribution in [0.25, 0.3) is 0 Å². The summed E-state index contributed by atoms with van der Waals surface area (Å²) in [5, 5.41) is 14.4. The number of carbonyl (C=O) groups is 3. The summed E-state index contributed by atoms with van der Waals surface area (Å²) >= 11 is 0. The van der Waals surface area contributed by atoms with E-state index >= 15 is 0 Å². The lowest BCUT2D eigenvalue weighted by atomic mass is 9.99. The van der Waals surface area contributed by atoms with Crippen molar-refractivity contribution in [2.24, 2.45) is 0 Å². The van der Waals surface area contributed by atoms with Gasteiger partial charge in [-0.05, 0) is 0 Å². The third-order valence-corrected chi connectivity index (χ3v) is 3.38. The predicted octanol–water partition coefficient (Wildman–Crippen LogP) is -1.24. The van der Waals surface area contributed by atoms with Crippen LogP contribution in [0.3, 0.4) is 0 Å². The van der Waals surface area contributed by atoms with Crippen molar-refractivity contribution in [1.82, 2.24) is 15.5 Å². The van der Waals surface area contributed by atoms with E-state index < -0.39 is 17.5 Å². The molecule has 3 N–H and O–H groups in total. The van der Waals surface area contributed by atoms with E-state index in [1.807, 2.05) is 0 Å². The first-order valence-corrected chi connectivity index (χ1v) is 6.18. The Morgan fingerprint density at radius 2 is 2.21 bits per heavy atom. The van der Waals surface area contributed by atoms with Gasteiger partial charge in [-0.1, -0.05) is 0 Å². The number of urea groups is 1. The minimum Gasteiger partial charge on any atom is -0.479 e. The second-order valence-corrected chi connectivity index (χ2v) is 4.71. The average molecular weight is 271 g/mol. The van der Waals surface area contributed by atoms with E-state index in [0.29, 0.717) is 19.7 Å². The van der Waals surface area contributed by atoms with Crippen molar-refractivity contribution < 1.29 is 24.2 Å². The zero-order valence-electron chi connectivity index (χ0n) is 10.5. The van der Waals surface area contributed by atoms with E-state index in [0.717, 1.165) is 0 Å². The third-order valence-electron chi connectivity index (χ3n) is 3.38. The van der Waals surface area contributed by atoms with E-state index in [4.69, 9.17) is 4.74 Å². The summed E-state index contributed by atoms with van der Waals surface area (Å²) in [7, 11) is 0. The monoisotopic (exact) mass is 271 g/mol. The van der Waals surface area contributed by atoms with Crippen LogP contribution in [-0.2, 0) is 14.3 Å². The van der Waals surface area contributed by atoms with Crippen LogP contribution in [0.4, 0.5) is 4.79 Å². The number of ether oxygens (including phenoxy) is 1. The lowest BCUT2D eigenvalue weighted by Gasteiger charge is -2.28. The summed E-state index contributed by atoms with van der Waals surface area (Å²) in [4.78, 5) is 36.0. The molecule has 0 radical (unpaired) electrons. The molecule has 0 aliphatic carbocycles. The predicted molar refractivity (Wildman–Crippen MR) is 63.5 cm³/mol. The highest BCUT2D eigenvalue weighted by atomic mass is 16.5. The molecule has 3 amide bonds. The maximum atomic E-state index is 12.1. The zero-order valence-corrected chi connectivity index (χ0v) is 10.5. The Hall–Kier alpha value is -1.83. The molecule has 1 atom stereocenters. The zero-order chi connectivity index (χ0) is 13.9. The van der Waals surface area contributed by atoms with Crippen molar-refractivity contribution in [3.63, 3.8) is 0 Å². The number of rotatable bonds is 2. The Labute approximate surface area is 110 Å². The Kier molecular flexibility index (Phi) is 3.89. The first-order chi connectivity index (χ1) is 9.03. The molecule has 0 aromatic rings. The van der Waals surface area contributed by atoms with Crippen molar-refractivity contribution in [3.8, 4) is 0 Å². The molecule has 2 heterocycles. The molecule has 8 heteroatoms. The van der Waals surface area contributed by atoms with Crippen LogP contribution < -0.4 is 10.6 Å². The van der Waals surface area contributed by atoms with Gasteiger partial charge < -0.3 is 25.4 Å². The molecule has 2 fully saturated rings. The average Bonchev–Trinajstić information content (AvgIpc) is 2.72.